The molecule has 160 valence electrons. The maximum atomic E-state index is 9.36. The fourth-order valence-electron chi connectivity index (χ4n) is 3.18. The Bertz CT molecular complexity index is 759. The summed E-state index contributed by atoms with van der Waals surface area (Å²) in [5.41, 5.74) is 1.23. The zero-order valence-electron chi connectivity index (χ0n) is 17.2. The Hall–Kier alpha value is -1.62. The number of phenolic OH excluding ortho intramolecular Hbond substituents is 1. The first-order valence-electron chi connectivity index (χ1n) is 10.1. The Morgan fingerprint density at radius 1 is 1.17 bits per heavy atom. The van der Waals surface area contributed by atoms with Crippen LogP contribution in [0.15, 0.2) is 29.3 Å². The van der Waals surface area contributed by atoms with Gasteiger partial charge in [-0.1, -0.05) is 19.1 Å². The fourth-order valence-corrected chi connectivity index (χ4v) is 3.98. The Balaban J connectivity index is 0.00000300. The van der Waals surface area contributed by atoms with E-state index >= 15 is 0 Å². The van der Waals surface area contributed by atoms with Crippen LogP contribution in [-0.4, -0.2) is 64.6 Å². The molecule has 1 aliphatic rings. The summed E-state index contributed by atoms with van der Waals surface area (Å²) in [6, 6.07) is 7.43. The van der Waals surface area contributed by atoms with Crippen LogP contribution >= 0.6 is 35.5 Å². The van der Waals surface area contributed by atoms with E-state index < -0.39 is 0 Å². The number of rotatable bonds is 7. The van der Waals surface area contributed by atoms with Gasteiger partial charge in [0.15, 0.2) is 5.96 Å². The van der Waals surface area contributed by atoms with Gasteiger partial charge in [-0.3, -0.25) is 4.99 Å². The quantitative estimate of drug-likeness (QED) is 0.248. The number of hydrogen-bond acceptors (Lipinski definition) is 6. The molecule has 1 fully saturated rings. The molecule has 0 amide bonds. The minimum absolute atomic E-state index is 0. The van der Waals surface area contributed by atoms with Crippen LogP contribution in [0.4, 0.5) is 5.13 Å². The number of phenols is 1. The number of piperazine rings is 1. The third kappa shape index (κ3) is 6.98. The van der Waals surface area contributed by atoms with E-state index in [2.05, 4.69) is 38.3 Å². The second kappa shape index (κ2) is 12.2. The van der Waals surface area contributed by atoms with Crippen molar-refractivity contribution in [1.82, 2.24) is 19.6 Å². The van der Waals surface area contributed by atoms with Gasteiger partial charge < -0.3 is 20.2 Å². The van der Waals surface area contributed by atoms with E-state index in [1.165, 1.54) is 17.1 Å². The average Bonchev–Trinajstić information content (AvgIpc) is 3.21. The van der Waals surface area contributed by atoms with E-state index in [9.17, 15) is 5.11 Å². The zero-order valence-corrected chi connectivity index (χ0v) is 20.3. The van der Waals surface area contributed by atoms with Crippen LogP contribution in [0.3, 0.4) is 0 Å². The molecule has 2 heterocycles. The molecule has 0 unspecified atom stereocenters. The number of guanidine groups is 1. The Labute approximate surface area is 194 Å². The molecule has 7 nitrogen and oxygen atoms in total. The van der Waals surface area contributed by atoms with Crippen LogP contribution in [0.5, 0.6) is 5.75 Å². The summed E-state index contributed by atoms with van der Waals surface area (Å²) in [7, 11) is 0. The summed E-state index contributed by atoms with van der Waals surface area (Å²) in [4.78, 5) is 14.1. The molecule has 9 heteroatoms. The maximum Gasteiger partial charge on any atom is 0.205 e. The first-order valence-corrected chi connectivity index (χ1v) is 10.9. The third-order valence-corrected chi connectivity index (χ3v) is 5.59. The van der Waals surface area contributed by atoms with Gasteiger partial charge in [0.2, 0.25) is 5.13 Å². The molecule has 0 bridgehead atoms. The highest BCUT2D eigenvalue weighted by Gasteiger charge is 2.21. The molecule has 1 aromatic carbocycles. The Morgan fingerprint density at radius 2 is 1.90 bits per heavy atom. The predicted octanol–water partition coefficient (Wildman–Crippen LogP) is 3.14. The van der Waals surface area contributed by atoms with Gasteiger partial charge in [-0.2, -0.15) is 4.37 Å². The number of aliphatic imine (C=N–C) groups is 1. The first kappa shape index (κ1) is 23.7. The second-order valence-corrected chi connectivity index (χ2v) is 7.56. The van der Waals surface area contributed by atoms with Crippen LogP contribution < -0.4 is 10.2 Å². The van der Waals surface area contributed by atoms with Crippen molar-refractivity contribution in [3.8, 4) is 5.75 Å². The number of aromatic nitrogens is 2. The number of nitrogens with one attached hydrogen (secondary N) is 1. The molecule has 29 heavy (non-hydrogen) atoms. The molecule has 0 atom stereocenters. The van der Waals surface area contributed by atoms with Gasteiger partial charge >= 0.3 is 0 Å². The SMILES string of the molecule is CCNC(=NCCCc1ccc(O)cc1)N1CCN(c2nc(CC)ns2)CC1.I. The van der Waals surface area contributed by atoms with Crippen molar-refractivity contribution >= 4 is 46.6 Å². The number of aryl methyl sites for hydroxylation is 2. The fraction of sp³-hybridized carbons (Fsp3) is 0.550. The van der Waals surface area contributed by atoms with E-state index in [0.29, 0.717) is 5.75 Å². The number of aromatic hydroxyl groups is 1. The minimum Gasteiger partial charge on any atom is -0.508 e. The number of benzene rings is 1. The molecule has 1 saturated heterocycles. The second-order valence-electron chi connectivity index (χ2n) is 6.83. The van der Waals surface area contributed by atoms with Gasteiger partial charge in [-0.15, -0.1) is 24.0 Å². The largest absolute Gasteiger partial charge is 0.508 e. The maximum absolute atomic E-state index is 9.36. The summed E-state index contributed by atoms with van der Waals surface area (Å²) in [5.74, 6) is 2.25. The van der Waals surface area contributed by atoms with Crippen LogP contribution in [0.1, 0.15) is 31.7 Å². The van der Waals surface area contributed by atoms with Gasteiger partial charge in [0, 0.05) is 57.2 Å². The van der Waals surface area contributed by atoms with Crippen molar-refractivity contribution in [2.45, 2.75) is 33.1 Å². The van der Waals surface area contributed by atoms with Crippen molar-refractivity contribution in [3.63, 3.8) is 0 Å². The van der Waals surface area contributed by atoms with Crippen molar-refractivity contribution < 1.29 is 5.11 Å². The molecule has 3 rings (SSSR count). The molecule has 0 radical (unpaired) electrons. The van der Waals surface area contributed by atoms with Gasteiger partial charge in [0.1, 0.15) is 11.6 Å². The topological polar surface area (TPSA) is 76.9 Å². The van der Waals surface area contributed by atoms with Crippen LogP contribution in [0.2, 0.25) is 0 Å². The van der Waals surface area contributed by atoms with E-state index in [4.69, 9.17) is 4.99 Å². The molecule has 0 aliphatic carbocycles. The molecule has 2 aromatic rings. The average molecular weight is 530 g/mol. The number of anilines is 1. The molecule has 0 saturated carbocycles. The first-order chi connectivity index (χ1) is 13.7. The van der Waals surface area contributed by atoms with Crippen LogP contribution in [-0.2, 0) is 12.8 Å². The normalized spacial score (nSPS) is 14.6. The lowest BCUT2D eigenvalue weighted by atomic mass is 10.1. The number of hydrogen-bond donors (Lipinski definition) is 2. The molecule has 0 spiro atoms. The summed E-state index contributed by atoms with van der Waals surface area (Å²) in [6.07, 6.45) is 2.84. The highest BCUT2D eigenvalue weighted by Crippen LogP contribution is 2.19. The number of halogens is 1. The lowest BCUT2D eigenvalue weighted by Gasteiger charge is -2.36. The van der Waals surface area contributed by atoms with Crippen molar-refractivity contribution in [2.75, 3.05) is 44.2 Å². The summed E-state index contributed by atoms with van der Waals surface area (Å²) in [5, 5.41) is 13.8. The summed E-state index contributed by atoms with van der Waals surface area (Å²) >= 11 is 1.50. The Morgan fingerprint density at radius 3 is 2.52 bits per heavy atom. The molecular weight excluding hydrogens is 499 g/mol. The summed E-state index contributed by atoms with van der Waals surface area (Å²) < 4.78 is 4.40. The highest BCUT2D eigenvalue weighted by molar-refractivity contribution is 14.0. The van der Waals surface area contributed by atoms with Crippen LogP contribution in [0, 0.1) is 0 Å². The van der Waals surface area contributed by atoms with E-state index in [-0.39, 0.29) is 24.0 Å². The molecule has 1 aromatic heterocycles. The van der Waals surface area contributed by atoms with Gasteiger partial charge in [0.05, 0.1) is 0 Å². The van der Waals surface area contributed by atoms with Crippen molar-refractivity contribution in [2.24, 2.45) is 4.99 Å². The third-order valence-electron chi connectivity index (χ3n) is 4.78. The zero-order chi connectivity index (χ0) is 19.8. The van der Waals surface area contributed by atoms with Gasteiger partial charge in [-0.25, -0.2) is 4.98 Å². The predicted molar refractivity (Wildman–Crippen MR) is 131 cm³/mol. The Kier molecular flexibility index (Phi) is 9.92. The van der Waals surface area contributed by atoms with E-state index in [1.54, 1.807) is 12.1 Å². The van der Waals surface area contributed by atoms with Crippen LogP contribution in [0.25, 0.3) is 0 Å². The lowest BCUT2D eigenvalue weighted by molar-refractivity contribution is 0.372. The standard InChI is InChI=1S/C20H30N6OS.HI/c1-3-18-23-20(28-24-18)26-14-12-25(13-15-26)19(21-4-2)22-11-5-6-16-7-9-17(27)10-8-16;/h7-10,27H,3-6,11-15H2,1-2H3,(H,21,22);1H. The van der Waals surface area contributed by atoms with Gasteiger partial charge in [0.25, 0.3) is 0 Å². The molecule has 1 aliphatic heterocycles. The summed E-state index contributed by atoms with van der Waals surface area (Å²) in [6.45, 7) is 9.61. The smallest absolute Gasteiger partial charge is 0.205 e. The highest BCUT2D eigenvalue weighted by atomic mass is 127. The van der Waals surface area contributed by atoms with Crippen molar-refractivity contribution in [3.05, 3.63) is 35.7 Å². The number of nitrogens with zero attached hydrogens (tertiary/aromatic N) is 5. The molecule has 2 N–H and O–H groups in total. The van der Waals surface area contributed by atoms with E-state index in [1.807, 2.05) is 12.1 Å². The van der Waals surface area contributed by atoms with E-state index in [0.717, 1.165) is 75.4 Å². The van der Waals surface area contributed by atoms with Gasteiger partial charge in [-0.05, 0) is 37.5 Å². The monoisotopic (exact) mass is 530 g/mol. The lowest BCUT2D eigenvalue weighted by Crippen LogP contribution is -2.52. The van der Waals surface area contributed by atoms with Crippen molar-refractivity contribution in [1.29, 1.82) is 0 Å². The minimum atomic E-state index is 0. The molecular formula is C20H31IN6OS.